The molecule has 1 aromatic heterocycles. The van der Waals surface area contributed by atoms with Gasteiger partial charge in [-0.15, -0.1) is 0 Å². The van der Waals surface area contributed by atoms with E-state index in [1.165, 1.54) is 23.7 Å². The van der Waals surface area contributed by atoms with Crippen molar-refractivity contribution in [3.05, 3.63) is 47.5 Å². The molecule has 0 bridgehead atoms. The minimum Gasteiger partial charge on any atom is -0.318 e. The second-order valence-electron chi connectivity index (χ2n) is 5.44. The van der Waals surface area contributed by atoms with Crippen LogP contribution < -0.4 is 0 Å². The lowest BCUT2D eigenvalue weighted by Gasteiger charge is -2.19. The fourth-order valence-corrected chi connectivity index (χ4v) is 2.79. The van der Waals surface area contributed by atoms with E-state index in [4.69, 9.17) is 0 Å². The minimum atomic E-state index is -4.44. The maximum Gasteiger partial charge on any atom is 0.449 e. The number of nitrogens with zero attached hydrogens (tertiary/aromatic N) is 3. The van der Waals surface area contributed by atoms with E-state index in [1.54, 1.807) is 7.05 Å². The Labute approximate surface area is 142 Å². The fourth-order valence-electron chi connectivity index (χ4n) is 2.24. The number of hydrogen-bond acceptors (Lipinski definition) is 3. The number of amides is 1. The Morgan fingerprint density at radius 2 is 2.12 bits per heavy atom. The number of rotatable bonds is 3. The number of aromatic nitrogens is 2. The van der Waals surface area contributed by atoms with Crippen LogP contribution in [0.4, 0.5) is 13.2 Å². The van der Waals surface area contributed by atoms with Crippen molar-refractivity contribution in [3.63, 3.8) is 0 Å². The van der Waals surface area contributed by atoms with Crippen molar-refractivity contribution in [2.24, 2.45) is 7.05 Å². The van der Waals surface area contributed by atoms with Gasteiger partial charge < -0.3 is 9.47 Å². The molecule has 1 aliphatic carbocycles. The van der Waals surface area contributed by atoms with E-state index in [-0.39, 0.29) is 22.6 Å². The van der Waals surface area contributed by atoms with E-state index in [0.717, 1.165) is 17.4 Å². The summed E-state index contributed by atoms with van der Waals surface area (Å²) in [6, 6.07) is 0. The lowest BCUT2D eigenvalue weighted by Crippen LogP contribution is -2.27. The van der Waals surface area contributed by atoms with Gasteiger partial charge in [-0.25, -0.2) is 4.98 Å². The zero-order valence-corrected chi connectivity index (χ0v) is 14.4. The molecule has 8 heteroatoms. The van der Waals surface area contributed by atoms with E-state index >= 15 is 0 Å². The Morgan fingerprint density at radius 3 is 2.79 bits per heavy atom. The maximum atomic E-state index is 12.6. The van der Waals surface area contributed by atoms with Gasteiger partial charge in [-0.05, 0) is 25.8 Å². The van der Waals surface area contributed by atoms with E-state index in [1.807, 2.05) is 31.2 Å². The normalized spacial score (nSPS) is 21.1. The van der Waals surface area contributed by atoms with Gasteiger partial charge >= 0.3 is 5.51 Å². The first-order valence-electron chi connectivity index (χ1n) is 7.28. The molecule has 0 saturated heterocycles. The molecule has 24 heavy (non-hydrogen) atoms. The molecule has 1 aromatic rings. The SMILES string of the molecule is C/C1=C/C=C\C(N(C)C(=O)c2cnc(SC(F)(F)F)n2C)=C/CC1. The van der Waals surface area contributed by atoms with Gasteiger partial charge in [0.05, 0.1) is 6.20 Å². The molecule has 2 rings (SSSR count). The summed E-state index contributed by atoms with van der Waals surface area (Å²) in [5, 5.41) is -0.264. The number of hydrogen-bond donors (Lipinski definition) is 0. The van der Waals surface area contributed by atoms with Gasteiger partial charge in [0, 0.05) is 31.6 Å². The lowest BCUT2D eigenvalue weighted by atomic mass is 10.1. The molecule has 1 heterocycles. The van der Waals surface area contributed by atoms with E-state index in [2.05, 4.69) is 4.98 Å². The third-order valence-electron chi connectivity index (χ3n) is 3.60. The number of thioether (sulfide) groups is 1. The number of alkyl halides is 3. The number of allylic oxidation sites excluding steroid dienone is 5. The van der Waals surface area contributed by atoms with Crippen molar-refractivity contribution < 1.29 is 18.0 Å². The highest BCUT2D eigenvalue weighted by Gasteiger charge is 2.32. The Hall–Kier alpha value is -1.96. The topological polar surface area (TPSA) is 38.1 Å². The summed E-state index contributed by atoms with van der Waals surface area (Å²) >= 11 is -0.336. The van der Waals surface area contributed by atoms with Crippen LogP contribution in [0.25, 0.3) is 0 Å². The lowest BCUT2D eigenvalue weighted by molar-refractivity contribution is -0.0332. The molecule has 130 valence electrons. The molecular weight excluding hydrogens is 339 g/mol. The zero-order valence-electron chi connectivity index (χ0n) is 13.6. The second-order valence-corrected chi connectivity index (χ2v) is 6.47. The van der Waals surface area contributed by atoms with Crippen LogP contribution in [0.3, 0.4) is 0 Å². The summed E-state index contributed by atoms with van der Waals surface area (Å²) in [6.07, 6.45) is 10.4. The molecule has 0 aliphatic heterocycles. The molecule has 0 spiro atoms. The third-order valence-corrected chi connectivity index (χ3v) is 4.40. The molecule has 0 unspecified atom stereocenters. The zero-order chi connectivity index (χ0) is 17.9. The second kappa shape index (κ2) is 7.29. The molecule has 0 radical (unpaired) electrons. The summed E-state index contributed by atoms with van der Waals surface area (Å²) < 4.78 is 38.6. The molecular formula is C16H18F3N3OS. The van der Waals surface area contributed by atoms with Crippen LogP contribution in [0, 0.1) is 0 Å². The predicted molar refractivity (Wildman–Crippen MR) is 87.4 cm³/mol. The van der Waals surface area contributed by atoms with Gasteiger partial charge in [-0.2, -0.15) is 13.2 Å². The van der Waals surface area contributed by atoms with Crippen LogP contribution in [0.15, 0.2) is 46.9 Å². The van der Waals surface area contributed by atoms with Gasteiger partial charge in [-0.1, -0.05) is 23.8 Å². The van der Waals surface area contributed by atoms with Crippen LogP contribution in [0.2, 0.25) is 0 Å². The van der Waals surface area contributed by atoms with Gasteiger partial charge in [0.1, 0.15) is 5.69 Å². The van der Waals surface area contributed by atoms with Gasteiger partial charge in [0.25, 0.3) is 5.91 Å². The maximum absolute atomic E-state index is 12.6. The Kier molecular flexibility index (Phi) is 5.58. The monoisotopic (exact) mass is 357 g/mol. The summed E-state index contributed by atoms with van der Waals surface area (Å²) in [5.41, 5.74) is -2.39. The van der Waals surface area contributed by atoms with Crippen LogP contribution in [0.1, 0.15) is 30.3 Å². The largest absolute Gasteiger partial charge is 0.449 e. The van der Waals surface area contributed by atoms with Crippen LogP contribution in [-0.2, 0) is 7.05 Å². The smallest absolute Gasteiger partial charge is 0.318 e. The molecule has 0 N–H and O–H groups in total. The summed E-state index contributed by atoms with van der Waals surface area (Å²) in [6.45, 7) is 2.04. The molecule has 1 amide bonds. The average Bonchev–Trinajstić information content (AvgIpc) is 2.80. The van der Waals surface area contributed by atoms with Crippen LogP contribution in [-0.4, -0.2) is 32.9 Å². The number of carbonyl (C=O) groups excluding carboxylic acids is 1. The third kappa shape index (κ3) is 4.53. The van der Waals surface area contributed by atoms with Crippen molar-refractivity contribution in [2.75, 3.05) is 7.05 Å². The van der Waals surface area contributed by atoms with E-state index < -0.39 is 11.4 Å². The first-order valence-corrected chi connectivity index (χ1v) is 8.10. The Bertz CT molecular complexity index is 717. The summed E-state index contributed by atoms with van der Waals surface area (Å²) in [7, 11) is 3.00. The predicted octanol–water partition coefficient (Wildman–Crippen LogP) is 4.28. The molecule has 0 fully saturated rings. The van der Waals surface area contributed by atoms with Crippen molar-refractivity contribution in [2.45, 2.75) is 30.4 Å². The highest BCUT2D eigenvalue weighted by molar-refractivity contribution is 8.00. The molecule has 0 saturated carbocycles. The number of carbonyl (C=O) groups is 1. The standard InChI is InChI=1S/C16H18F3N3OS/c1-11-6-4-8-12(9-5-7-11)21(2)14(23)13-10-20-15(22(13)3)24-16(17,18)19/h4,6,8-10H,5,7H2,1-3H3/b8-4-,11-6-,12-9+. The highest BCUT2D eigenvalue weighted by Crippen LogP contribution is 2.36. The molecule has 1 aliphatic rings. The Morgan fingerprint density at radius 1 is 1.42 bits per heavy atom. The van der Waals surface area contributed by atoms with Crippen molar-refractivity contribution in [3.8, 4) is 0 Å². The number of halogens is 3. The highest BCUT2D eigenvalue weighted by atomic mass is 32.2. The van der Waals surface area contributed by atoms with Crippen molar-refractivity contribution in [1.82, 2.24) is 14.5 Å². The van der Waals surface area contributed by atoms with Crippen LogP contribution in [0.5, 0.6) is 0 Å². The van der Waals surface area contributed by atoms with E-state index in [9.17, 15) is 18.0 Å². The van der Waals surface area contributed by atoms with Gasteiger partial charge in [0.15, 0.2) is 5.16 Å². The summed E-state index contributed by atoms with van der Waals surface area (Å²) in [4.78, 5) is 17.7. The number of likely N-dealkylation sites (N-methyl/N-ethyl adjacent to an activating group) is 1. The van der Waals surface area contributed by atoms with Gasteiger partial charge in [-0.3, -0.25) is 4.79 Å². The minimum absolute atomic E-state index is 0.104. The molecule has 0 atom stereocenters. The van der Waals surface area contributed by atoms with Crippen LogP contribution >= 0.6 is 11.8 Å². The Balaban J connectivity index is 2.21. The van der Waals surface area contributed by atoms with Crippen molar-refractivity contribution in [1.29, 1.82) is 0 Å². The summed E-state index contributed by atoms with van der Waals surface area (Å²) in [5.74, 6) is -0.406. The molecule has 4 nitrogen and oxygen atoms in total. The van der Waals surface area contributed by atoms with Crippen molar-refractivity contribution >= 4 is 17.7 Å². The first kappa shape index (κ1) is 18.4. The molecule has 0 aromatic carbocycles. The average molecular weight is 357 g/mol. The number of imidazole rings is 1. The van der Waals surface area contributed by atoms with Gasteiger partial charge in [0.2, 0.25) is 0 Å². The fraction of sp³-hybridized carbons (Fsp3) is 0.375. The quantitative estimate of drug-likeness (QED) is 0.758. The van der Waals surface area contributed by atoms with E-state index in [0.29, 0.717) is 5.70 Å². The first-order chi connectivity index (χ1) is 11.2.